The van der Waals surface area contributed by atoms with E-state index in [1.807, 2.05) is 48.7 Å². The van der Waals surface area contributed by atoms with Crippen molar-refractivity contribution < 1.29 is 4.79 Å². The van der Waals surface area contributed by atoms with Gasteiger partial charge in [0.15, 0.2) is 0 Å². The second-order valence-electron chi connectivity index (χ2n) is 8.93. The van der Waals surface area contributed by atoms with Gasteiger partial charge in [-0.15, -0.1) is 0 Å². The molecule has 33 heavy (non-hydrogen) atoms. The van der Waals surface area contributed by atoms with Crippen LogP contribution in [0.3, 0.4) is 0 Å². The Bertz CT molecular complexity index is 1280. The summed E-state index contributed by atoms with van der Waals surface area (Å²) in [6.45, 7) is 3.00. The van der Waals surface area contributed by atoms with Gasteiger partial charge in [0.1, 0.15) is 0 Å². The summed E-state index contributed by atoms with van der Waals surface area (Å²) in [7, 11) is 0. The van der Waals surface area contributed by atoms with Crippen molar-refractivity contribution in [2.45, 2.75) is 32.1 Å². The number of carbonyl (C=O) groups excluding carboxylic acids is 1. The molecule has 5 rings (SSSR count). The van der Waals surface area contributed by atoms with Gasteiger partial charge in [-0.05, 0) is 75.0 Å². The van der Waals surface area contributed by atoms with Crippen LogP contribution in [0.1, 0.15) is 42.5 Å². The van der Waals surface area contributed by atoms with Crippen LogP contribution < -0.4 is 10.6 Å². The van der Waals surface area contributed by atoms with Crippen LogP contribution in [0.5, 0.6) is 0 Å². The molecule has 0 aliphatic carbocycles. The number of benzene rings is 2. The Hall–Kier alpha value is -2.70. The van der Waals surface area contributed by atoms with Crippen LogP contribution in [0.15, 0.2) is 59.2 Å². The predicted molar refractivity (Wildman–Crippen MR) is 139 cm³/mol. The molecule has 3 heterocycles. The number of rotatable bonds is 7. The van der Waals surface area contributed by atoms with E-state index in [1.165, 1.54) is 19.3 Å². The topological polar surface area (TPSA) is 69.8 Å². The molecule has 4 aromatic rings. The lowest BCUT2D eigenvalue weighted by molar-refractivity contribution is 0.0954. The fourth-order valence-corrected chi connectivity index (χ4v) is 5.19. The zero-order chi connectivity index (χ0) is 22.6. The Morgan fingerprint density at radius 2 is 2.03 bits per heavy atom. The molecule has 0 saturated carbocycles. The monoisotopic (exact) mass is 504 g/mol. The number of H-pyrrole nitrogens is 1. The molecule has 2 aromatic carbocycles. The molecule has 2 aromatic heterocycles. The number of halogens is 1. The normalized spacial score (nSPS) is 16.3. The van der Waals surface area contributed by atoms with E-state index in [0.717, 1.165) is 69.4 Å². The van der Waals surface area contributed by atoms with Crippen LogP contribution in [0.2, 0.25) is 0 Å². The van der Waals surface area contributed by atoms with Crippen molar-refractivity contribution in [2.75, 3.05) is 19.6 Å². The lowest BCUT2D eigenvalue weighted by Crippen LogP contribution is -2.30. The van der Waals surface area contributed by atoms with Gasteiger partial charge in [-0.3, -0.25) is 4.79 Å². The summed E-state index contributed by atoms with van der Waals surface area (Å²) in [5.74, 6) is 0.757. The molecular weight excluding hydrogens is 476 g/mol. The molecule has 1 fully saturated rings. The molecule has 1 amide bonds. The van der Waals surface area contributed by atoms with Gasteiger partial charge >= 0.3 is 0 Å². The second kappa shape index (κ2) is 10.1. The van der Waals surface area contributed by atoms with E-state index in [-0.39, 0.29) is 5.91 Å². The maximum absolute atomic E-state index is 13.2. The van der Waals surface area contributed by atoms with Crippen LogP contribution in [-0.2, 0) is 0 Å². The van der Waals surface area contributed by atoms with E-state index in [4.69, 9.17) is 4.98 Å². The van der Waals surface area contributed by atoms with E-state index >= 15 is 0 Å². The van der Waals surface area contributed by atoms with Crippen LogP contribution in [0.25, 0.3) is 33.1 Å². The average molecular weight is 505 g/mol. The lowest BCUT2D eigenvalue weighted by atomic mass is 9.94. The fourth-order valence-electron chi connectivity index (χ4n) is 4.83. The lowest BCUT2D eigenvalue weighted by Gasteiger charge is -2.22. The van der Waals surface area contributed by atoms with Gasteiger partial charge in [0.2, 0.25) is 0 Å². The van der Waals surface area contributed by atoms with Crippen molar-refractivity contribution in [1.82, 2.24) is 20.6 Å². The maximum Gasteiger partial charge on any atom is 0.252 e. The van der Waals surface area contributed by atoms with Crippen LogP contribution in [0, 0.1) is 5.92 Å². The van der Waals surface area contributed by atoms with Crippen molar-refractivity contribution in [2.24, 2.45) is 5.92 Å². The standard InChI is InChI=1S/C27H29BrN4O/c28-19-10-11-24-21(14-19)23(17-31-24)26-15-22(20-8-1-2-9-25(20)32-26)27(33)30-13-4-3-6-18-7-5-12-29-16-18/h1-2,8-11,14-15,17-18,29,31H,3-7,12-13,16H2,(H,30,33). The molecule has 170 valence electrons. The van der Waals surface area contributed by atoms with Crippen LogP contribution in [0.4, 0.5) is 0 Å². The number of nitrogens with one attached hydrogen (secondary N) is 3. The first-order valence-corrected chi connectivity index (χ1v) is 12.6. The van der Waals surface area contributed by atoms with Crippen molar-refractivity contribution in [3.8, 4) is 11.3 Å². The number of hydrogen-bond donors (Lipinski definition) is 3. The number of hydrogen-bond acceptors (Lipinski definition) is 3. The van der Waals surface area contributed by atoms with E-state index in [1.54, 1.807) is 0 Å². The first kappa shape index (κ1) is 22.1. The van der Waals surface area contributed by atoms with Gasteiger partial charge in [0, 0.05) is 39.1 Å². The fraction of sp³-hybridized carbons (Fsp3) is 0.333. The van der Waals surface area contributed by atoms with Gasteiger partial charge in [0.25, 0.3) is 5.91 Å². The Kier molecular flexibility index (Phi) is 6.74. The molecular formula is C27H29BrN4O. The quantitative estimate of drug-likeness (QED) is 0.268. The summed E-state index contributed by atoms with van der Waals surface area (Å²) in [4.78, 5) is 21.4. The minimum absolute atomic E-state index is 0.0322. The van der Waals surface area contributed by atoms with E-state index in [2.05, 4.69) is 37.6 Å². The van der Waals surface area contributed by atoms with E-state index in [9.17, 15) is 4.79 Å². The SMILES string of the molecule is O=C(NCCCCC1CCCNC1)c1cc(-c2c[nH]c3ccc(Br)cc23)nc2ccccc12. The number of aromatic nitrogens is 2. The second-order valence-corrected chi connectivity index (χ2v) is 9.84. The maximum atomic E-state index is 13.2. The summed E-state index contributed by atoms with van der Waals surface area (Å²) in [5.41, 5.74) is 4.34. The zero-order valence-electron chi connectivity index (χ0n) is 18.7. The molecule has 0 radical (unpaired) electrons. The van der Waals surface area contributed by atoms with Gasteiger partial charge in [0.05, 0.1) is 16.8 Å². The molecule has 1 aliphatic rings. The molecule has 3 N–H and O–H groups in total. The van der Waals surface area contributed by atoms with Crippen LogP contribution in [-0.4, -0.2) is 35.5 Å². The smallest absolute Gasteiger partial charge is 0.252 e. The number of nitrogens with zero attached hydrogens (tertiary/aromatic N) is 1. The number of amides is 1. The van der Waals surface area contributed by atoms with E-state index < -0.39 is 0 Å². The summed E-state index contributed by atoms with van der Waals surface area (Å²) in [5, 5.41) is 8.59. The third kappa shape index (κ3) is 4.97. The molecule has 1 aliphatic heterocycles. The Balaban J connectivity index is 1.34. The summed E-state index contributed by atoms with van der Waals surface area (Å²) < 4.78 is 1.01. The van der Waals surface area contributed by atoms with Gasteiger partial charge in [-0.25, -0.2) is 4.98 Å². The third-order valence-corrected chi connectivity index (χ3v) is 7.10. The largest absolute Gasteiger partial charge is 0.360 e. The number of aromatic amines is 1. The van der Waals surface area contributed by atoms with Gasteiger partial charge in [-0.2, -0.15) is 0 Å². The number of fused-ring (bicyclic) bond motifs is 2. The highest BCUT2D eigenvalue weighted by Crippen LogP contribution is 2.32. The Morgan fingerprint density at radius 1 is 1.12 bits per heavy atom. The van der Waals surface area contributed by atoms with Gasteiger partial charge < -0.3 is 15.6 Å². The zero-order valence-corrected chi connectivity index (χ0v) is 20.2. The highest BCUT2D eigenvalue weighted by atomic mass is 79.9. The number of para-hydroxylation sites is 1. The minimum atomic E-state index is -0.0322. The molecule has 6 heteroatoms. The average Bonchev–Trinajstić information content (AvgIpc) is 3.26. The first-order valence-electron chi connectivity index (χ1n) is 11.8. The molecule has 0 spiro atoms. The van der Waals surface area contributed by atoms with Crippen molar-refractivity contribution in [3.63, 3.8) is 0 Å². The highest BCUT2D eigenvalue weighted by molar-refractivity contribution is 9.10. The first-order chi connectivity index (χ1) is 16.2. The predicted octanol–water partition coefficient (Wildman–Crippen LogP) is 6.05. The van der Waals surface area contributed by atoms with Crippen LogP contribution >= 0.6 is 15.9 Å². The van der Waals surface area contributed by atoms with Crippen molar-refractivity contribution in [1.29, 1.82) is 0 Å². The molecule has 0 bridgehead atoms. The minimum Gasteiger partial charge on any atom is -0.360 e. The summed E-state index contributed by atoms with van der Waals surface area (Å²) >= 11 is 3.57. The summed E-state index contributed by atoms with van der Waals surface area (Å²) in [6, 6.07) is 15.9. The number of piperidine rings is 1. The molecule has 5 nitrogen and oxygen atoms in total. The Morgan fingerprint density at radius 3 is 2.91 bits per heavy atom. The molecule has 1 saturated heterocycles. The third-order valence-electron chi connectivity index (χ3n) is 6.60. The summed E-state index contributed by atoms with van der Waals surface area (Å²) in [6.07, 6.45) is 7.98. The Labute approximate surface area is 202 Å². The molecule has 1 atom stereocenters. The van der Waals surface area contributed by atoms with Gasteiger partial charge in [-0.1, -0.05) is 40.5 Å². The van der Waals surface area contributed by atoms with Crippen molar-refractivity contribution >= 4 is 43.6 Å². The number of carbonyl (C=O) groups is 1. The highest BCUT2D eigenvalue weighted by Gasteiger charge is 2.16. The molecule has 1 unspecified atom stereocenters. The van der Waals surface area contributed by atoms with E-state index in [0.29, 0.717) is 12.1 Å². The van der Waals surface area contributed by atoms with Crippen molar-refractivity contribution in [3.05, 3.63) is 64.8 Å². The number of unbranched alkanes of at least 4 members (excludes halogenated alkanes) is 1. The number of pyridine rings is 1.